The van der Waals surface area contributed by atoms with Crippen LogP contribution in [0.4, 0.5) is 0 Å². The van der Waals surface area contributed by atoms with E-state index >= 15 is 0 Å². The van der Waals surface area contributed by atoms with E-state index in [1.54, 1.807) is 0 Å². The maximum absolute atomic E-state index is 3.72. The van der Waals surface area contributed by atoms with Gasteiger partial charge >= 0.3 is 0 Å². The van der Waals surface area contributed by atoms with Gasteiger partial charge in [-0.15, -0.1) is 0 Å². The molecular formula is C19H31N. The second-order valence-electron chi connectivity index (χ2n) is 7.42. The Labute approximate surface area is 125 Å². The molecular weight excluding hydrogens is 242 g/mol. The van der Waals surface area contributed by atoms with Gasteiger partial charge in [-0.2, -0.15) is 0 Å². The number of hydrogen-bond acceptors (Lipinski definition) is 1. The molecule has 0 aromatic heterocycles. The average Bonchev–Trinajstić information content (AvgIpc) is 2.45. The highest BCUT2D eigenvalue weighted by molar-refractivity contribution is 5.20. The van der Waals surface area contributed by atoms with E-state index in [4.69, 9.17) is 0 Å². The van der Waals surface area contributed by atoms with Gasteiger partial charge in [0.05, 0.1) is 0 Å². The van der Waals surface area contributed by atoms with Crippen LogP contribution in [0.1, 0.15) is 65.0 Å². The van der Waals surface area contributed by atoms with Gasteiger partial charge in [0.1, 0.15) is 0 Å². The van der Waals surface area contributed by atoms with Crippen LogP contribution < -0.4 is 5.32 Å². The van der Waals surface area contributed by atoms with Gasteiger partial charge in [-0.05, 0) is 55.0 Å². The molecule has 0 spiro atoms. The molecule has 1 nitrogen and oxygen atoms in total. The summed E-state index contributed by atoms with van der Waals surface area (Å²) in [6, 6.07) is 11.6. The summed E-state index contributed by atoms with van der Waals surface area (Å²) >= 11 is 0. The molecule has 0 aliphatic heterocycles. The smallest absolute Gasteiger partial charge is 0.0348 e. The van der Waals surface area contributed by atoms with Gasteiger partial charge in [-0.3, -0.25) is 0 Å². The van der Waals surface area contributed by atoms with Crippen molar-refractivity contribution in [1.29, 1.82) is 0 Å². The van der Waals surface area contributed by atoms with Crippen molar-refractivity contribution in [3.63, 3.8) is 0 Å². The summed E-state index contributed by atoms with van der Waals surface area (Å²) in [4.78, 5) is 0. The molecule has 0 bridgehead atoms. The molecule has 20 heavy (non-hydrogen) atoms. The van der Waals surface area contributed by atoms with E-state index in [0.29, 0.717) is 11.5 Å². The summed E-state index contributed by atoms with van der Waals surface area (Å²) in [5, 5.41) is 3.72. The normalized spacial score (nSPS) is 25.4. The molecule has 1 unspecified atom stereocenters. The van der Waals surface area contributed by atoms with Gasteiger partial charge in [0.2, 0.25) is 0 Å². The summed E-state index contributed by atoms with van der Waals surface area (Å²) < 4.78 is 0. The van der Waals surface area contributed by atoms with Crippen LogP contribution in [0.25, 0.3) is 0 Å². The lowest BCUT2D eigenvalue weighted by atomic mass is 9.68. The third-order valence-corrected chi connectivity index (χ3v) is 5.05. The molecule has 1 heteroatoms. The molecule has 0 heterocycles. The molecule has 1 aromatic rings. The topological polar surface area (TPSA) is 12.0 Å². The first kappa shape index (κ1) is 15.6. The Morgan fingerprint density at radius 2 is 1.65 bits per heavy atom. The van der Waals surface area contributed by atoms with Crippen LogP contribution in [0.3, 0.4) is 0 Å². The molecule has 0 amide bonds. The van der Waals surface area contributed by atoms with E-state index in [1.807, 2.05) is 0 Å². The van der Waals surface area contributed by atoms with Crippen molar-refractivity contribution in [2.45, 2.75) is 59.4 Å². The van der Waals surface area contributed by atoms with E-state index in [-0.39, 0.29) is 0 Å². The van der Waals surface area contributed by atoms with E-state index in [0.717, 1.165) is 18.4 Å². The Morgan fingerprint density at radius 1 is 1.05 bits per heavy atom. The first-order valence-electron chi connectivity index (χ1n) is 8.30. The first-order valence-corrected chi connectivity index (χ1v) is 8.30. The van der Waals surface area contributed by atoms with Crippen LogP contribution in [0, 0.1) is 17.3 Å². The quantitative estimate of drug-likeness (QED) is 0.796. The zero-order chi connectivity index (χ0) is 14.6. The molecule has 2 rings (SSSR count). The van der Waals surface area contributed by atoms with Crippen LogP contribution >= 0.6 is 0 Å². The summed E-state index contributed by atoms with van der Waals surface area (Å²) in [5.74, 6) is 1.70. The third-order valence-electron chi connectivity index (χ3n) is 5.05. The number of hydrogen-bond donors (Lipinski definition) is 1. The fourth-order valence-corrected chi connectivity index (χ4v) is 3.76. The minimum absolute atomic E-state index is 0.478. The summed E-state index contributed by atoms with van der Waals surface area (Å²) in [6.07, 6.45) is 5.52. The van der Waals surface area contributed by atoms with Crippen molar-refractivity contribution in [2.75, 3.05) is 6.54 Å². The molecule has 112 valence electrons. The van der Waals surface area contributed by atoms with E-state index in [2.05, 4.69) is 63.3 Å². The predicted octanol–water partition coefficient (Wildman–Crippen LogP) is 5.19. The Balaban J connectivity index is 2.02. The minimum Gasteiger partial charge on any atom is -0.310 e. The highest BCUT2D eigenvalue weighted by Gasteiger charge is 2.32. The lowest BCUT2D eigenvalue weighted by Gasteiger charge is -2.40. The summed E-state index contributed by atoms with van der Waals surface area (Å²) in [5.41, 5.74) is 1.94. The fourth-order valence-electron chi connectivity index (χ4n) is 3.76. The van der Waals surface area contributed by atoms with E-state index in [9.17, 15) is 0 Å². The van der Waals surface area contributed by atoms with Crippen molar-refractivity contribution in [1.82, 2.24) is 5.32 Å². The largest absolute Gasteiger partial charge is 0.310 e. The second-order valence-corrected chi connectivity index (χ2v) is 7.42. The maximum Gasteiger partial charge on any atom is 0.0348 e. The lowest BCUT2D eigenvalue weighted by molar-refractivity contribution is 0.133. The number of rotatable bonds is 4. The number of nitrogens with one attached hydrogen (secondary N) is 1. The molecule has 1 aromatic carbocycles. The average molecular weight is 273 g/mol. The summed E-state index contributed by atoms with van der Waals surface area (Å²) in [6.45, 7) is 10.5. The highest BCUT2D eigenvalue weighted by atomic mass is 14.9. The Bertz CT molecular complexity index is 382. The molecule has 1 aliphatic carbocycles. The van der Waals surface area contributed by atoms with Gasteiger partial charge in [-0.1, -0.05) is 58.0 Å². The molecule has 1 atom stereocenters. The van der Waals surface area contributed by atoms with E-state index < -0.39 is 0 Å². The highest BCUT2D eigenvalue weighted by Crippen LogP contribution is 2.43. The fraction of sp³-hybridized carbons (Fsp3) is 0.684. The molecule has 1 N–H and O–H groups in total. The van der Waals surface area contributed by atoms with Crippen molar-refractivity contribution in [3.05, 3.63) is 35.9 Å². The van der Waals surface area contributed by atoms with Crippen molar-refractivity contribution >= 4 is 0 Å². The van der Waals surface area contributed by atoms with Crippen molar-refractivity contribution in [3.8, 4) is 0 Å². The number of benzene rings is 1. The molecule has 0 radical (unpaired) electrons. The van der Waals surface area contributed by atoms with Gasteiger partial charge in [-0.25, -0.2) is 0 Å². The van der Waals surface area contributed by atoms with Gasteiger partial charge < -0.3 is 5.32 Å². The second kappa shape index (κ2) is 6.76. The van der Waals surface area contributed by atoms with Crippen LogP contribution in [0.15, 0.2) is 30.3 Å². The maximum atomic E-state index is 3.72. The monoisotopic (exact) mass is 273 g/mol. The Hall–Kier alpha value is -0.820. The first-order chi connectivity index (χ1) is 9.52. The Kier molecular flexibility index (Phi) is 5.26. The third kappa shape index (κ3) is 3.85. The Morgan fingerprint density at radius 3 is 2.15 bits per heavy atom. The zero-order valence-corrected chi connectivity index (χ0v) is 13.7. The summed E-state index contributed by atoms with van der Waals surface area (Å²) in [7, 11) is 0. The minimum atomic E-state index is 0.478. The van der Waals surface area contributed by atoms with Crippen LogP contribution in [-0.2, 0) is 0 Å². The van der Waals surface area contributed by atoms with Gasteiger partial charge in [0.25, 0.3) is 0 Å². The van der Waals surface area contributed by atoms with Crippen molar-refractivity contribution < 1.29 is 0 Å². The van der Waals surface area contributed by atoms with Crippen LogP contribution in [0.2, 0.25) is 0 Å². The SMILES string of the molecule is CCNC(c1ccccc1)C1CCC(C(C)(C)C)CC1. The zero-order valence-electron chi connectivity index (χ0n) is 13.7. The van der Waals surface area contributed by atoms with Crippen LogP contribution in [-0.4, -0.2) is 6.54 Å². The molecule has 1 fully saturated rings. The predicted molar refractivity (Wildman–Crippen MR) is 87.8 cm³/mol. The molecule has 1 saturated carbocycles. The van der Waals surface area contributed by atoms with Gasteiger partial charge in [0, 0.05) is 6.04 Å². The van der Waals surface area contributed by atoms with Crippen molar-refractivity contribution in [2.24, 2.45) is 17.3 Å². The van der Waals surface area contributed by atoms with Gasteiger partial charge in [0.15, 0.2) is 0 Å². The lowest BCUT2D eigenvalue weighted by Crippen LogP contribution is -2.33. The molecule has 0 saturated heterocycles. The van der Waals surface area contributed by atoms with E-state index in [1.165, 1.54) is 31.2 Å². The van der Waals surface area contributed by atoms with Crippen LogP contribution in [0.5, 0.6) is 0 Å². The standard InChI is InChI=1S/C19H31N/c1-5-20-18(15-9-7-6-8-10-15)16-11-13-17(14-12-16)19(2,3)4/h6-10,16-18,20H,5,11-14H2,1-4H3. The molecule has 1 aliphatic rings.